The first-order valence-corrected chi connectivity index (χ1v) is 5.70. The van der Waals surface area contributed by atoms with E-state index in [1.54, 1.807) is 4.68 Å². The molecule has 16 heavy (non-hydrogen) atoms. The molecule has 0 unspecified atom stereocenters. The highest BCUT2D eigenvalue weighted by atomic mass is 35.5. The molecule has 0 spiro atoms. The van der Waals surface area contributed by atoms with E-state index in [4.69, 9.17) is 11.6 Å². The summed E-state index contributed by atoms with van der Waals surface area (Å²) in [6, 6.07) is 1.94. The van der Waals surface area contributed by atoms with Crippen LogP contribution in [0.15, 0.2) is 18.6 Å². The van der Waals surface area contributed by atoms with Crippen LogP contribution in [0.3, 0.4) is 0 Å². The Kier molecular flexibility index (Phi) is 2.12. The van der Waals surface area contributed by atoms with Crippen LogP contribution in [-0.4, -0.2) is 25.0 Å². The fourth-order valence-electron chi connectivity index (χ4n) is 1.41. The molecule has 7 heteroatoms. The Hall–Kier alpha value is -1.53. The van der Waals surface area contributed by atoms with Crippen LogP contribution in [0.4, 0.5) is 0 Å². The van der Waals surface area contributed by atoms with Crippen LogP contribution >= 0.6 is 22.9 Å². The molecule has 0 radical (unpaired) electrons. The minimum Gasteiger partial charge on any atom is -0.255 e. The van der Waals surface area contributed by atoms with Gasteiger partial charge in [-0.3, -0.25) is 4.68 Å². The van der Waals surface area contributed by atoms with Gasteiger partial charge >= 0.3 is 0 Å². The summed E-state index contributed by atoms with van der Waals surface area (Å²) >= 11 is 7.50. The Morgan fingerprint density at radius 2 is 2.25 bits per heavy atom. The van der Waals surface area contributed by atoms with Gasteiger partial charge in [0.1, 0.15) is 17.2 Å². The number of thiophene rings is 1. The van der Waals surface area contributed by atoms with Crippen LogP contribution in [0.25, 0.3) is 20.8 Å². The molecular formula is C9H6ClN5S. The summed E-state index contributed by atoms with van der Waals surface area (Å²) < 4.78 is 2.54. The maximum atomic E-state index is 5.98. The molecule has 3 aromatic rings. The van der Waals surface area contributed by atoms with Gasteiger partial charge in [-0.05, 0) is 6.07 Å². The monoisotopic (exact) mass is 251 g/mol. The first-order valence-electron chi connectivity index (χ1n) is 4.51. The van der Waals surface area contributed by atoms with E-state index >= 15 is 0 Å². The van der Waals surface area contributed by atoms with Crippen molar-refractivity contribution in [2.45, 2.75) is 0 Å². The summed E-state index contributed by atoms with van der Waals surface area (Å²) in [6.07, 6.45) is 3.31. The minimum absolute atomic E-state index is 0.477. The lowest BCUT2D eigenvalue weighted by molar-refractivity contribution is 0.715. The number of aryl methyl sites for hydroxylation is 1. The van der Waals surface area contributed by atoms with Gasteiger partial charge in [0.15, 0.2) is 0 Å². The highest BCUT2D eigenvalue weighted by Gasteiger charge is 2.10. The Labute approximate surface area is 99.7 Å². The molecule has 0 amide bonds. The van der Waals surface area contributed by atoms with Crippen LogP contribution in [0.1, 0.15) is 0 Å². The molecule has 0 atom stereocenters. The van der Waals surface area contributed by atoms with Crippen molar-refractivity contribution >= 4 is 33.2 Å². The van der Waals surface area contributed by atoms with E-state index in [0.717, 1.165) is 20.8 Å². The van der Waals surface area contributed by atoms with Crippen molar-refractivity contribution in [2.75, 3.05) is 0 Å². The Bertz CT molecular complexity index is 659. The summed E-state index contributed by atoms with van der Waals surface area (Å²) in [6.45, 7) is 0. The van der Waals surface area contributed by atoms with Gasteiger partial charge in [-0.25, -0.2) is 9.97 Å². The van der Waals surface area contributed by atoms with E-state index in [1.165, 1.54) is 17.7 Å². The second kappa shape index (κ2) is 3.50. The zero-order chi connectivity index (χ0) is 11.1. The quantitative estimate of drug-likeness (QED) is 0.622. The topological polar surface area (TPSA) is 56.5 Å². The molecule has 0 aliphatic heterocycles. The second-order valence-electron chi connectivity index (χ2n) is 3.27. The lowest BCUT2D eigenvalue weighted by atomic mass is 10.3. The van der Waals surface area contributed by atoms with Crippen molar-refractivity contribution in [1.29, 1.82) is 0 Å². The van der Waals surface area contributed by atoms with Crippen molar-refractivity contribution < 1.29 is 0 Å². The normalized spacial score (nSPS) is 11.1. The molecule has 5 nitrogen and oxygen atoms in total. The average Bonchev–Trinajstić information content (AvgIpc) is 2.84. The molecule has 0 saturated heterocycles. The summed E-state index contributed by atoms with van der Waals surface area (Å²) in [5, 5.41) is 8.41. The third-order valence-electron chi connectivity index (χ3n) is 2.12. The van der Waals surface area contributed by atoms with Gasteiger partial charge in [-0.1, -0.05) is 16.8 Å². The van der Waals surface area contributed by atoms with Gasteiger partial charge in [-0.2, -0.15) is 0 Å². The summed E-state index contributed by atoms with van der Waals surface area (Å²) in [5.74, 6) is 0. The van der Waals surface area contributed by atoms with E-state index in [1.807, 2.05) is 19.3 Å². The van der Waals surface area contributed by atoms with Crippen LogP contribution < -0.4 is 0 Å². The highest BCUT2D eigenvalue weighted by molar-refractivity contribution is 7.22. The zero-order valence-corrected chi connectivity index (χ0v) is 9.83. The Morgan fingerprint density at radius 1 is 1.38 bits per heavy atom. The molecular weight excluding hydrogens is 246 g/mol. The third kappa shape index (κ3) is 1.46. The smallest absolute Gasteiger partial charge is 0.150 e. The van der Waals surface area contributed by atoms with Crippen molar-refractivity contribution in [1.82, 2.24) is 25.0 Å². The lowest BCUT2D eigenvalue weighted by Crippen LogP contribution is -1.85. The zero-order valence-electron chi connectivity index (χ0n) is 8.25. The Morgan fingerprint density at radius 3 is 2.94 bits per heavy atom. The van der Waals surface area contributed by atoms with Gasteiger partial charge < -0.3 is 0 Å². The lowest BCUT2D eigenvalue weighted by Gasteiger charge is -1.87. The highest BCUT2D eigenvalue weighted by Crippen LogP contribution is 2.33. The summed E-state index contributed by atoms with van der Waals surface area (Å²) in [5.41, 5.74) is 1.66. The number of hydrogen-bond donors (Lipinski definition) is 0. The number of fused-ring (bicyclic) bond motifs is 1. The second-order valence-corrected chi connectivity index (χ2v) is 4.68. The van der Waals surface area contributed by atoms with E-state index in [9.17, 15) is 0 Å². The fraction of sp³-hybridized carbons (Fsp3) is 0.111. The van der Waals surface area contributed by atoms with Gasteiger partial charge in [-0.15, -0.1) is 16.4 Å². The van der Waals surface area contributed by atoms with E-state index in [2.05, 4.69) is 20.3 Å². The van der Waals surface area contributed by atoms with Crippen LogP contribution in [0.5, 0.6) is 0 Å². The third-order valence-corrected chi connectivity index (χ3v) is 3.67. The molecule has 3 heterocycles. The predicted octanol–water partition coefficient (Wildman–Crippen LogP) is 2.14. The van der Waals surface area contributed by atoms with Crippen LogP contribution in [0, 0.1) is 0 Å². The molecule has 3 aromatic heterocycles. The number of rotatable bonds is 1. The maximum absolute atomic E-state index is 5.98. The fourth-order valence-corrected chi connectivity index (χ4v) is 2.61. The molecule has 0 N–H and O–H groups in total. The Balaban J connectivity index is 2.22. The minimum atomic E-state index is 0.477. The molecule has 0 saturated carbocycles. The van der Waals surface area contributed by atoms with E-state index in [-0.39, 0.29) is 0 Å². The number of aromatic nitrogens is 5. The van der Waals surface area contributed by atoms with Gasteiger partial charge in [0.2, 0.25) is 0 Å². The van der Waals surface area contributed by atoms with Crippen LogP contribution in [0.2, 0.25) is 5.15 Å². The molecule has 0 aliphatic rings. The van der Waals surface area contributed by atoms with Gasteiger partial charge in [0.05, 0.1) is 21.3 Å². The van der Waals surface area contributed by atoms with Crippen molar-refractivity contribution in [3.05, 3.63) is 23.7 Å². The first-order chi connectivity index (χ1) is 7.74. The summed E-state index contributed by atoms with van der Waals surface area (Å²) in [7, 11) is 1.83. The van der Waals surface area contributed by atoms with E-state index < -0.39 is 0 Å². The predicted molar refractivity (Wildman–Crippen MR) is 62.4 cm³/mol. The SMILES string of the molecule is Cn1cc(-c2cc3ncnc(Cl)c3s2)nn1. The number of halogens is 1. The molecule has 0 bridgehead atoms. The molecule has 80 valence electrons. The maximum Gasteiger partial charge on any atom is 0.150 e. The number of hydrogen-bond acceptors (Lipinski definition) is 5. The molecule has 0 aromatic carbocycles. The van der Waals surface area contributed by atoms with Crippen molar-refractivity contribution in [3.8, 4) is 10.6 Å². The molecule has 0 aliphatic carbocycles. The first kappa shape index (κ1) is 9.68. The van der Waals surface area contributed by atoms with Gasteiger partial charge in [0.25, 0.3) is 0 Å². The summed E-state index contributed by atoms with van der Waals surface area (Å²) in [4.78, 5) is 9.09. The molecule has 0 fully saturated rings. The largest absolute Gasteiger partial charge is 0.255 e. The van der Waals surface area contributed by atoms with Crippen molar-refractivity contribution in [2.24, 2.45) is 7.05 Å². The molecule has 3 rings (SSSR count). The number of nitrogens with zero attached hydrogens (tertiary/aromatic N) is 5. The van der Waals surface area contributed by atoms with Crippen LogP contribution in [-0.2, 0) is 7.05 Å². The van der Waals surface area contributed by atoms with Gasteiger partial charge in [0, 0.05) is 7.05 Å². The van der Waals surface area contributed by atoms with E-state index in [0.29, 0.717) is 5.15 Å². The standard InChI is InChI=1S/C9H6ClN5S/c1-15-3-6(13-14-15)7-2-5-8(16-7)9(10)12-4-11-5/h2-4H,1H3. The average molecular weight is 252 g/mol. The van der Waals surface area contributed by atoms with Crippen molar-refractivity contribution in [3.63, 3.8) is 0 Å².